The standard InChI is InChI=1S/C7H14N4S2/c1-5(12-2)3-4-9-7-10-6(8)11-13-7/h5H,3-4H2,1-2H3,(H3,8,9,10,11). The minimum atomic E-state index is 0.352. The van der Waals surface area contributed by atoms with Crippen LogP contribution >= 0.6 is 23.3 Å². The second-order valence-electron chi connectivity index (χ2n) is 2.72. The molecule has 0 spiro atoms. The van der Waals surface area contributed by atoms with E-state index in [9.17, 15) is 0 Å². The van der Waals surface area contributed by atoms with Gasteiger partial charge in [0.05, 0.1) is 0 Å². The van der Waals surface area contributed by atoms with Gasteiger partial charge in [-0.15, -0.1) is 0 Å². The first-order valence-corrected chi connectivity index (χ1v) is 6.14. The number of nitrogens with one attached hydrogen (secondary N) is 1. The number of aromatic nitrogens is 2. The molecule has 1 rings (SSSR count). The Kier molecular flexibility index (Phi) is 4.31. The van der Waals surface area contributed by atoms with Crippen LogP contribution in [0.4, 0.5) is 11.1 Å². The van der Waals surface area contributed by atoms with Gasteiger partial charge in [-0.3, -0.25) is 0 Å². The summed E-state index contributed by atoms with van der Waals surface area (Å²) < 4.78 is 3.88. The molecule has 13 heavy (non-hydrogen) atoms. The third-order valence-corrected chi connectivity index (χ3v) is 3.40. The van der Waals surface area contributed by atoms with Crippen LogP contribution in [-0.2, 0) is 0 Å². The maximum absolute atomic E-state index is 5.38. The second kappa shape index (κ2) is 5.29. The molecule has 0 aromatic carbocycles. The van der Waals surface area contributed by atoms with E-state index in [1.165, 1.54) is 11.5 Å². The fourth-order valence-electron chi connectivity index (χ4n) is 0.807. The zero-order valence-corrected chi connectivity index (χ0v) is 9.41. The van der Waals surface area contributed by atoms with Crippen molar-refractivity contribution in [2.24, 2.45) is 0 Å². The number of rotatable bonds is 5. The number of hydrogen-bond donors (Lipinski definition) is 2. The number of anilines is 2. The molecular weight excluding hydrogens is 204 g/mol. The molecule has 1 aromatic heterocycles. The van der Waals surface area contributed by atoms with Crippen molar-refractivity contribution in [3.63, 3.8) is 0 Å². The predicted octanol–water partition coefficient (Wildman–Crippen LogP) is 1.67. The lowest BCUT2D eigenvalue weighted by Gasteiger charge is -2.07. The highest BCUT2D eigenvalue weighted by atomic mass is 32.2. The molecule has 1 aromatic rings. The smallest absolute Gasteiger partial charge is 0.233 e. The van der Waals surface area contributed by atoms with Crippen LogP contribution in [0.1, 0.15) is 13.3 Å². The second-order valence-corrected chi connectivity index (χ2v) is 4.75. The van der Waals surface area contributed by atoms with E-state index in [4.69, 9.17) is 5.73 Å². The summed E-state index contributed by atoms with van der Waals surface area (Å²) in [6, 6.07) is 0. The molecule has 74 valence electrons. The quantitative estimate of drug-likeness (QED) is 0.787. The van der Waals surface area contributed by atoms with Crippen molar-refractivity contribution in [2.45, 2.75) is 18.6 Å². The third-order valence-electron chi connectivity index (χ3n) is 1.67. The highest BCUT2D eigenvalue weighted by Crippen LogP contribution is 2.13. The average Bonchev–Trinajstić information content (AvgIpc) is 2.51. The average molecular weight is 218 g/mol. The van der Waals surface area contributed by atoms with Crippen LogP contribution in [0.25, 0.3) is 0 Å². The van der Waals surface area contributed by atoms with E-state index in [1.807, 2.05) is 11.8 Å². The SMILES string of the molecule is CSC(C)CCNc1nc(N)ns1. The lowest BCUT2D eigenvalue weighted by atomic mass is 10.3. The fourth-order valence-corrected chi connectivity index (χ4v) is 1.68. The van der Waals surface area contributed by atoms with E-state index in [2.05, 4.69) is 27.9 Å². The van der Waals surface area contributed by atoms with E-state index in [0.717, 1.165) is 18.1 Å². The molecule has 0 saturated heterocycles. The van der Waals surface area contributed by atoms with Crippen molar-refractivity contribution in [3.05, 3.63) is 0 Å². The van der Waals surface area contributed by atoms with Crippen LogP contribution < -0.4 is 11.1 Å². The van der Waals surface area contributed by atoms with Gasteiger partial charge in [0.1, 0.15) is 0 Å². The van der Waals surface area contributed by atoms with Crippen LogP contribution in [0, 0.1) is 0 Å². The summed E-state index contributed by atoms with van der Waals surface area (Å²) in [7, 11) is 0. The van der Waals surface area contributed by atoms with E-state index in [0.29, 0.717) is 11.2 Å². The van der Waals surface area contributed by atoms with Crippen LogP contribution in [0.15, 0.2) is 0 Å². The minimum absolute atomic E-state index is 0.352. The fraction of sp³-hybridized carbons (Fsp3) is 0.714. The molecule has 0 aliphatic rings. The van der Waals surface area contributed by atoms with Gasteiger partial charge >= 0.3 is 0 Å². The number of nitrogens with two attached hydrogens (primary N) is 1. The van der Waals surface area contributed by atoms with E-state index < -0.39 is 0 Å². The van der Waals surface area contributed by atoms with Gasteiger partial charge < -0.3 is 11.1 Å². The van der Waals surface area contributed by atoms with Gasteiger partial charge in [-0.25, -0.2) is 0 Å². The van der Waals surface area contributed by atoms with Crippen LogP contribution in [0.2, 0.25) is 0 Å². The third kappa shape index (κ3) is 3.82. The summed E-state index contributed by atoms with van der Waals surface area (Å²) in [5.74, 6) is 0.352. The molecule has 1 atom stereocenters. The first-order chi connectivity index (χ1) is 6.22. The van der Waals surface area contributed by atoms with Crippen LogP contribution in [0.5, 0.6) is 0 Å². The molecule has 3 N–H and O–H groups in total. The molecule has 0 radical (unpaired) electrons. The zero-order chi connectivity index (χ0) is 9.68. The summed E-state index contributed by atoms with van der Waals surface area (Å²) in [5.41, 5.74) is 5.38. The molecule has 0 saturated carbocycles. The Labute approximate surface area is 86.5 Å². The highest BCUT2D eigenvalue weighted by Gasteiger charge is 2.01. The van der Waals surface area contributed by atoms with Gasteiger partial charge in [0, 0.05) is 23.3 Å². The minimum Gasteiger partial charge on any atom is -0.367 e. The Morgan fingerprint density at radius 3 is 3.00 bits per heavy atom. The molecular formula is C7H14N4S2. The molecule has 1 heterocycles. The van der Waals surface area contributed by atoms with Gasteiger partial charge in [-0.05, 0) is 12.7 Å². The monoisotopic (exact) mass is 218 g/mol. The van der Waals surface area contributed by atoms with Gasteiger partial charge in [0.2, 0.25) is 11.1 Å². The molecule has 0 amide bonds. The van der Waals surface area contributed by atoms with Gasteiger partial charge in [-0.2, -0.15) is 21.1 Å². The highest BCUT2D eigenvalue weighted by molar-refractivity contribution is 7.99. The number of nitrogens with zero attached hydrogens (tertiary/aromatic N) is 2. The lowest BCUT2D eigenvalue weighted by molar-refractivity contribution is 0.853. The molecule has 1 unspecified atom stereocenters. The van der Waals surface area contributed by atoms with Crippen molar-refractivity contribution in [2.75, 3.05) is 23.9 Å². The normalized spacial score (nSPS) is 12.8. The maximum atomic E-state index is 5.38. The summed E-state index contributed by atoms with van der Waals surface area (Å²) in [5, 5.41) is 4.67. The molecule has 0 fully saturated rings. The Bertz CT molecular complexity index is 250. The molecule has 0 aliphatic carbocycles. The largest absolute Gasteiger partial charge is 0.367 e. The van der Waals surface area contributed by atoms with Gasteiger partial charge in [0.15, 0.2) is 0 Å². The Morgan fingerprint density at radius 2 is 2.46 bits per heavy atom. The summed E-state index contributed by atoms with van der Waals surface area (Å²) in [4.78, 5) is 4.00. The number of nitrogen functional groups attached to an aromatic ring is 1. The van der Waals surface area contributed by atoms with E-state index >= 15 is 0 Å². The van der Waals surface area contributed by atoms with Crippen molar-refractivity contribution in [1.29, 1.82) is 0 Å². The molecule has 0 bridgehead atoms. The number of hydrogen-bond acceptors (Lipinski definition) is 6. The first kappa shape index (κ1) is 10.6. The topological polar surface area (TPSA) is 63.8 Å². The van der Waals surface area contributed by atoms with Crippen LogP contribution in [-0.4, -0.2) is 27.4 Å². The predicted molar refractivity (Wildman–Crippen MR) is 60.4 cm³/mol. The molecule has 0 aliphatic heterocycles. The molecule has 4 nitrogen and oxygen atoms in total. The van der Waals surface area contributed by atoms with Gasteiger partial charge in [-0.1, -0.05) is 6.92 Å². The first-order valence-electron chi connectivity index (χ1n) is 4.08. The summed E-state index contributed by atoms with van der Waals surface area (Å²) >= 11 is 3.17. The zero-order valence-electron chi connectivity index (χ0n) is 7.78. The Balaban J connectivity index is 2.20. The Hall–Kier alpha value is -0.490. The Morgan fingerprint density at radius 1 is 1.69 bits per heavy atom. The van der Waals surface area contributed by atoms with Crippen molar-refractivity contribution < 1.29 is 0 Å². The maximum Gasteiger partial charge on any atom is 0.233 e. The van der Waals surface area contributed by atoms with Crippen molar-refractivity contribution in [1.82, 2.24) is 9.36 Å². The van der Waals surface area contributed by atoms with E-state index in [-0.39, 0.29) is 0 Å². The number of thioether (sulfide) groups is 1. The lowest BCUT2D eigenvalue weighted by Crippen LogP contribution is -2.07. The summed E-state index contributed by atoms with van der Waals surface area (Å²) in [6.45, 7) is 3.14. The van der Waals surface area contributed by atoms with E-state index in [1.54, 1.807) is 0 Å². The van der Waals surface area contributed by atoms with Gasteiger partial charge in [0.25, 0.3) is 0 Å². The molecule has 6 heteroatoms. The van der Waals surface area contributed by atoms with Crippen LogP contribution in [0.3, 0.4) is 0 Å². The van der Waals surface area contributed by atoms with Crippen molar-refractivity contribution in [3.8, 4) is 0 Å². The summed E-state index contributed by atoms with van der Waals surface area (Å²) in [6.07, 6.45) is 3.24. The van der Waals surface area contributed by atoms with Crippen molar-refractivity contribution >= 4 is 34.4 Å².